The van der Waals surface area contributed by atoms with Gasteiger partial charge in [-0.25, -0.2) is 0 Å². The fourth-order valence-corrected chi connectivity index (χ4v) is 1.77. The molecule has 0 radical (unpaired) electrons. The van der Waals surface area contributed by atoms with Gasteiger partial charge < -0.3 is 9.47 Å². The molecular weight excluding hydrogens is 252 g/mol. The number of rotatable bonds is 6. The summed E-state index contributed by atoms with van der Waals surface area (Å²) < 4.78 is 10.8. The number of carbonyl (C=O) groups excluding carboxylic acids is 1. The first-order valence-electron chi connectivity index (χ1n) is 6.64. The van der Waals surface area contributed by atoms with Crippen molar-refractivity contribution in [1.82, 2.24) is 0 Å². The van der Waals surface area contributed by atoms with Crippen LogP contribution in [0.1, 0.15) is 22.8 Å². The van der Waals surface area contributed by atoms with Crippen molar-refractivity contribution in [2.45, 2.75) is 13.8 Å². The number of ether oxygens (including phenoxy) is 2. The van der Waals surface area contributed by atoms with Crippen molar-refractivity contribution in [3.05, 3.63) is 59.7 Å². The van der Waals surface area contributed by atoms with E-state index in [1.807, 2.05) is 38.1 Å². The van der Waals surface area contributed by atoms with Gasteiger partial charge >= 0.3 is 0 Å². The van der Waals surface area contributed by atoms with Crippen LogP contribution >= 0.6 is 0 Å². The fraction of sp³-hybridized carbons (Fsp3) is 0.235. The van der Waals surface area contributed by atoms with E-state index in [-0.39, 0.29) is 12.4 Å². The van der Waals surface area contributed by atoms with Crippen molar-refractivity contribution in [2.24, 2.45) is 0 Å². The zero-order chi connectivity index (χ0) is 14.4. The summed E-state index contributed by atoms with van der Waals surface area (Å²) in [5, 5.41) is 0. The van der Waals surface area contributed by atoms with Gasteiger partial charge in [0, 0.05) is 5.56 Å². The van der Waals surface area contributed by atoms with E-state index >= 15 is 0 Å². The summed E-state index contributed by atoms with van der Waals surface area (Å²) in [6.45, 7) is 4.59. The van der Waals surface area contributed by atoms with Gasteiger partial charge in [0.1, 0.15) is 11.5 Å². The van der Waals surface area contributed by atoms with E-state index in [0.29, 0.717) is 17.9 Å². The van der Waals surface area contributed by atoms with E-state index in [1.54, 1.807) is 24.3 Å². The molecule has 2 aromatic rings. The maximum atomic E-state index is 12.0. The van der Waals surface area contributed by atoms with Crippen LogP contribution in [0.2, 0.25) is 0 Å². The Morgan fingerprint density at radius 1 is 0.900 bits per heavy atom. The lowest BCUT2D eigenvalue weighted by Crippen LogP contribution is -2.11. The molecule has 20 heavy (non-hydrogen) atoms. The Bertz CT molecular complexity index is 556. The number of benzene rings is 2. The average molecular weight is 270 g/mol. The molecular formula is C17H18O3. The average Bonchev–Trinajstić information content (AvgIpc) is 2.47. The largest absolute Gasteiger partial charge is 0.494 e. The number of carbonyl (C=O) groups is 1. The van der Waals surface area contributed by atoms with E-state index in [0.717, 1.165) is 11.3 Å². The highest BCUT2D eigenvalue weighted by Gasteiger charge is 2.07. The van der Waals surface area contributed by atoms with E-state index < -0.39 is 0 Å². The smallest absolute Gasteiger partial charge is 0.200 e. The molecule has 0 aliphatic heterocycles. The number of Topliss-reactive ketones (excluding diaryl/α,β-unsaturated/α-hetero) is 1. The van der Waals surface area contributed by atoms with Crippen molar-refractivity contribution in [1.29, 1.82) is 0 Å². The molecule has 0 atom stereocenters. The third-order valence-corrected chi connectivity index (χ3v) is 2.88. The molecule has 0 unspecified atom stereocenters. The van der Waals surface area contributed by atoms with Gasteiger partial charge in [-0.3, -0.25) is 4.79 Å². The summed E-state index contributed by atoms with van der Waals surface area (Å²) in [7, 11) is 0. The van der Waals surface area contributed by atoms with E-state index in [4.69, 9.17) is 9.47 Å². The van der Waals surface area contributed by atoms with Crippen LogP contribution in [0.5, 0.6) is 11.5 Å². The summed E-state index contributed by atoms with van der Waals surface area (Å²) in [6, 6.07) is 14.7. The van der Waals surface area contributed by atoms with Gasteiger partial charge in [0.05, 0.1) is 6.61 Å². The molecule has 0 aliphatic carbocycles. The molecule has 0 amide bonds. The quantitative estimate of drug-likeness (QED) is 0.751. The molecule has 3 nitrogen and oxygen atoms in total. The zero-order valence-electron chi connectivity index (χ0n) is 11.8. The molecule has 2 aromatic carbocycles. The van der Waals surface area contributed by atoms with Crippen LogP contribution in [-0.4, -0.2) is 19.0 Å². The topological polar surface area (TPSA) is 35.5 Å². The number of hydrogen-bond donors (Lipinski definition) is 0. The number of ketones is 1. The minimum Gasteiger partial charge on any atom is -0.494 e. The van der Waals surface area contributed by atoms with Crippen LogP contribution in [0.25, 0.3) is 0 Å². The van der Waals surface area contributed by atoms with Crippen molar-refractivity contribution >= 4 is 5.78 Å². The second-order valence-electron chi connectivity index (χ2n) is 4.48. The lowest BCUT2D eigenvalue weighted by molar-refractivity contribution is 0.0921. The minimum atomic E-state index is -0.0476. The van der Waals surface area contributed by atoms with Gasteiger partial charge in [0.15, 0.2) is 12.4 Å². The van der Waals surface area contributed by atoms with E-state index in [1.165, 1.54) is 0 Å². The van der Waals surface area contributed by atoms with Crippen molar-refractivity contribution in [3.8, 4) is 11.5 Å². The highest BCUT2D eigenvalue weighted by Crippen LogP contribution is 2.14. The predicted molar refractivity (Wildman–Crippen MR) is 78.6 cm³/mol. The lowest BCUT2D eigenvalue weighted by Gasteiger charge is -2.07. The Balaban J connectivity index is 1.92. The molecule has 0 aromatic heterocycles. The van der Waals surface area contributed by atoms with Crippen LogP contribution in [0.3, 0.4) is 0 Å². The van der Waals surface area contributed by atoms with E-state index in [2.05, 4.69) is 0 Å². The van der Waals surface area contributed by atoms with Crippen molar-refractivity contribution in [3.63, 3.8) is 0 Å². The highest BCUT2D eigenvalue weighted by molar-refractivity contribution is 5.97. The minimum absolute atomic E-state index is 0.0387. The molecule has 0 heterocycles. The second-order valence-corrected chi connectivity index (χ2v) is 4.48. The van der Waals surface area contributed by atoms with Gasteiger partial charge in [-0.1, -0.05) is 17.7 Å². The molecule has 0 saturated heterocycles. The van der Waals surface area contributed by atoms with E-state index in [9.17, 15) is 4.79 Å². The van der Waals surface area contributed by atoms with Crippen LogP contribution in [0, 0.1) is 6.92 Å². The first-order valence-corrected chi connectivity index (χ1v) is 6.64. The Kier molecular flexibility index (Phi) is 4.77. The molecule has 0 bridgehead atoms. The molecule has 104 valence electrons. The SMILES string of the molecule is CCOc1ccc(C(=O)COc2ccc(C)cc2)cc1. The maximum Gasteiger partial charge on any atom is 0.200 e. The highest BCUT2D eigenvalue weighted by atomic mass is 16.5. The zero-order valence-corrected chi connectivity index (χ0v) is 11.8. The second kappa shape index (κ2) is 6.75. The van der Waals surface area contributed by atoms with Gasteiger partial charge in [-0.2, -0.15) is 0 Å². The third-order valence-electron chi connectivity index (χ3n) is 2.88. The van der Waals surface area contributed by atoms with Crippen molar-refractivity contribution < 1.29 is 14.3 Å². The summed E-state index contributed by atoms with van der Waals surface area (Å²) in [6.07, 6.45) is 0. The molecule has 0 N–H and O–H groups in total. The Morgan fingerprint density at radius 3 is 2.05 bits per heavy atom. The fourth-order valence-electron chi connectivity index (χ4n) is 1.77. The third kappa shape index (κ3) is 3.85. The molecule has 2 rings (SSSR count). The first-order chi connectivity index (χ1) is 9.69. The molecule has 0 fully saturated rings. The molecule has 0 aliphatic rings. The lowest BCUT2D eigenvalue weighted by atomic mass is 10.1. The van der Waals surface area contributed by atoms with Crippen LogP contribution in [0.4, 0.5) is 0 Å². The molecule has 0 spiro atoms. The van der Waals surface area contributed by atoms with Crippen molar-refractivity contribution in [2.75, 3.05) is 13.2 Å². The Labute approximate surface area is 119 Å². The predicted octanol–water partition coefficient (Wildman–Crippen LogP) is 3.66. The summed E-state index contributed by atoms with van der Waals surface area (Å²) in [4.78, 5) is 12.0. The standard InChI is InChI=1S/C17H18O3/c1-3-19-15-10-6-14(7-11-15)17(18)12-20-16-8-4-13(2)5-9-16/h4-11H,3,12H2,1-2H3. The normalized spacial score (nSPS) is 10.1. The van der Waals surface area contributed by atoms with Crippen LogP contribution in [-0.2, 0) is 0 Å². The Hall–Kier alpha value is -2.29. The monoisotopic (exact) mass is 270 g/mol. The summed E-state index contributed by atoms with van der Waals surface area (Å²) >= 11 is 0. The molecule has 3 heteroatoms. The summed E-state index contributed by atoms with van der Waals surface area (Å²) in [5.41, 5.74) is 1.79. The van der Waals surface area contributed by atoms with Gasteiger partial charge in [0.2, 0.25) is 0 Å². The van der Waals surface area contributed by atoms with Gasteiger partial charge in [0.25, 0.3) is 0 Å². The van der Waals surface area contributed by atoms with Crippen LogP contribution in [0.15, 0.2) is 48.5 Å². The van der Waals surface area contributed by atoms with Crippen LogP contribution < -0.4 is 9.47 Å². The summed E-state index contributed by atoms with van der Waals surface area (Å²) in [5.74, 6) is 1.42. The maximum absolute atomic E-state index is 12.0. The van der Waals surface area contributed by atoms with Gasteiger partial charge in [-0.05, 0) is 50.2 Å². The Morgan fingerprint density at radius 2 is 1.45 bits per heavy atom. The number of aryl methyl sites for hydroxylation is 1. The van der Waals surface area contributed by atoms with Gasteiger partial charge in [-0.15, -0.1) is 0 Å². The molecule has 0 saturated carbocycles. The first kappa shape index (κ1) is 14.1. The number of hydrogen-bond acceptors (Lipinski definition) is 3.